The summed E-state index contributed by atoms with van der Waals surface area (Å²) in [6, 6.07) is 68.4. The molecule has 0 saturated heterocycles. The molecule has 2 radical (unpaired) electrons. The van der Waals surface area contributed by atoms with Crippen molar-refractivity contribution < 1.29 is 23.3 Å². The number of fused-ring (bicyclic) bond motifs is 2. The number of aryl methyl sites for hydroxylation is 8. The van der Waals surface area contributed by atoms with Crippen molar-refractivity contribution >= 4 is 53.2 Å². The summed E-state index contributed by atoms with van der Waals surface area (Å²) in [5.74, 6) is 0.958. The molecular weight excluding hydrogens is 1030 g/mol. The Morgan fingerprint density at radius 3 is 0.865 bits per heavy atom. The van der Waals surface area contributed by atoms with Crippen molar-refractivity contribution in [3.63, 3.8) is 0 Å². The molecule has 0 aliphatic rings. The van der Waals surface area contributed by atoms with Crippen LogP contribution in [0, 0.1) is 70.2 Å². The van der Waals surface area contributed by atoms with Gasteiger partial charge in [0, 0.05) is 0 Å². The first-order chi connectivity index (χ1) is 33.7. The van der Waals surface area contributed by atoms with Gasteiger partial charge in [0.1, 0.15) is 0 Å². The Morgan fingerprint density at radius 1 is 0.351 bits per heavy atom. The maximum absolute atomic E-state index is 3.06. The molecule has 0 heterocycles. The van der Waals surface area contributed by atoms with Gasteiger partial charge in [0.2, 0.25) is 0 Å². The van der Waals surface area contributed by atoms with E-state index in [1.165, 1.54) is 156 Å². The molecule has 0 aliphatic carbocycles. The third-order valence-corrected chi connectivity index (χ3v) is 13.8. The van der Waals surface area contributed by atoms with E-state index in [0.717, 1.165) is 12.8 Å². The molecule has 0 amide bonds. The molecule has 74 heavy (non-hydrogen) atoms. The molecular formula is C70H74Cl2SiZr-4. The third-order valence-electron chi connectivity index (χ3n) is 13.8. The van der Waals surface area contributed by atoms with Crippen molar-refractivity contribution in [2.24, 2.45) is 0 Å². The minimum atomic E-state index is 0. The van der Waals surface area contributed by atoms with E-state index < -0.39 is 0 Å². The van der Waals surface area contributed by atoms with Crippen LogP contribution in [0.25, 0.3) is 66.1 Å². The van der Waals surface area contributed by atoms with Crippen LogP contribution in [0.3, 0.4) is 0 Å². The topological polar surface area (TPSA) is 0 Å². The van der Waals surface area contributed by atoms with Gasteiger partial charge in [0.15, 0.2) is 0 Å². The van der Waals surface area contributed by atoms with E-state index in [2.05, 4.69) is 258 Å². The number of halogens is 2. The molecule has 2 unspecified atom stereocenters. The fourth-order valence-corrected chi connectivity index (χ4v) is 11.0. The number of rotatable bonds is 10. The van der Waals surface area contributed by atoms with Crippen LogP contribution in [-0.2, 0) is 36.2 Å². The summed E-state index contributed by atoms with van der Waals surface area (Å²) in [7, 11) is 0. The van der Waals surface area contributed by atoms with Crippen LogP contribution in [0.1, 0.15) is 92.4 Å². The van der Waals surface area contributed by atoms with Crippen LogP contribution < -0.4 is 0 Å². The summed E-state index contributed by atoms with van der Waals surface area (Å²) in [6.07, 6.45) is 2.08. The average molecular weight is 1110 g/mol. The Kier molecular flexibility index (Phi) is 22.7. The van der Waals surface area contributed by atoms with Gasteiger partial charge in [0.05, 0.1) is 0 Å². The molecule has 0 N–H and O–H groups in total. The first kappa shape index (κ1) is 61.2. The van der Waals surface area contributed by atoms with Gasteiger partial charge in [-0.05, 0) is 102 Å². The summed E-state index contributed by atoms with van der Waals surface area (Å²) in [4.78, 5) is 0. The van der Waals surface area contributed by atoms with Gasteiger partial charge in [-0.1, -0.05) is 249 Å². The second kappa shape index (κ2) is 27.4. The van der Waals surface area contributed by atoms with E-state index >= 15 is 0 Å². The van der Waals surface area contributed by atoms with E-state index in [1.54, 1.807) is 0 Å². The molecule has 10 rings (SSSR count). The Labute approximate surface area is 474 Å². The monoisotopic (exact) mass is 1100 g/mol. The van der Waals surface area contributed by atoms with Gasteiger partial charge in [-0.2, -0.15) is 12.1 Å². The van der Waals surface area contributed by atoms with Gasteiger partial charge in [-0.25, -0.2) is 0 Å². The van der Waals surface area contributed by atoms with E-state index in [1.807, 2.05) is 0 Å². The average Bonchev–Trinajstić information content (AvgIpc) is 3.95. The van der Waals surface area contributed by atoms with Crippen LogP contribution in [0.15, 0.2) is 182 Å². The van der Waals surface area contributed by atoms with E-state index in [-0.39, 0.29) is 39.7 Å². The maximum atomic E-state index is 3.06. The van der Waals surface area contributed by atoms with Crippen LogP contribution >= 0.6 is 24.8 Å². The summed E-state index contributed by atoms with van der Waals surface area (Å²) in [5.41, 5.74) is 26.7. The van der Waals surface area contributed by atoms with Crippen LogP contribution in [-0.4, -0.2) is 6.88 Å². The zero-order chi connectivity index (χ0) is 49.6. The van der Waals surface area contributed by atoms with E-state index in [0.29, 0.717) is 11.8 Å². The Hall–Kier alpha value is -5.34. The first-order valence-corrected chi connectivity index (χ1v) is 29.1. The summed E-state index contributed by atoms with van der Waals surface area (Å²) in [6.45, 7) is 25.3. The second-order valence-electron chi connectivity index (χ2n) is 20.2. The van der Waals surface area contributed by atoms with Crippen LogP contribution in [0.2, 0.25) is 0 Å². The van der Waals surface area contributed by atoms with E-state index in [9.17, 15) is 0 Å². The summed E-state index contributed by atoms with van der Waals surface area (Å²) >= 11 is 1.36. The van der Waals surface area contributed by atoms with E-state index in [4.69, 9.17) is 0 Å². The van der Waals surface area contributed by atoms with Gasteiger partial charge in [-0.3, -0.25) is 0 Å². The normalized spacial score (nSPS) is 11.3. The Bertz CT molecular complexity index is 2940. The van der Waals surface area contributed by atoms with Gasteiger partial charge in [0.25, 0.3) is 0 Å². The van der Waals surface area contributed by atoms with Gasteiger partial charge < -0.3 is 14.9 Å². The molecule has 2 atom stereocenters. The minimum absolute atomic E-state index is 0. The SMILES string of the molecule is Cc1cc(C)cc(-c2ccc(-c3cc(C)cc(C)c3)c3[cH-]c(CC(C)c4ccccc4)cc23)c1.Cc1cc(C)cc(-c2ccc(-c3cc(C)cc(C)c3)c3[cH-]c(CC(C)c4ccccc4)cc23)c1.Cl.Cl.[CH3-].[CH3-].[Si]=[Zr]. The van der Waals surface area contributed by atoms with Crippen molar-refractivity contribution in [1.29, 1.82) is 0 Å². The zero-order valence-corrected chi connectivity index (χ0v) is 50.8. The summed E-state index contributed by atoms with van der Waals surface area (Å²) in [5, 5.41) is 5.43. The fraction of sp³-hybridized carbons (Fsp3) is 0.200. The zero-order valence-electron chi connectivity index (χ0n) is 45.7. The van der Waals surface area contributed by atoms with Gasteiger partial charge >= 0.3 is 30.2 Å². The van der Waals surface area contributed by atoms with Crippen molar-refractivity contribution in [2.75, 3.05) is 0 Å². The Balaban J connectivity index is 0.000000295. The molecule has 4 heteroatoms. The predicted octanol–water partition coefficient (Wildman–Crippen LogP) is 20.3. The summed E-state index contributed by atoms with van der Waals surface area (Å²) < 4.78 is 0. The molecule has 0 aliphatic heterocycles. The molecule has 0 aromatic heterocycles. The molecule has 0 saturated carbocycles. The second-order valence-corrected chi connectivity index (χ2v) is 20.2. The predicted molar refractivity (Wildman–Crippen MR) is 329 cm³/mol. The quantitative estimate of drug-likeness (QED) is 0.0946. The number of benzene rings is 8. The molecule has 0 nitrogen and oxygen atoms in total. The third kappa shape index (κ3) is 14.5. The van der Waals surface area contributed by atoms with Crippen molar-refractivity contribution in [1.82, 2.24) is 0 Å². The Morgan fingerprint density at radius 2 is 0.595 bits per heavy atom. The molecule has 380 valence electrons. The van der Waals surface area contributed by atoms with Crippen LogP contribution in [0.4, 0.5) is 0 Å². The fourth-order valence-electron chi connectivity index (χ4n) is 11.0. The first-order valence-electron chi connectivity index (χ1n) is 24.9. The standard InChI is InChI=1S/2C34H33.2CH3.2ClH.Si.Zr/c2*1-22-13-23(2)16-29(15-22)31-11-12-32(30-17-24(3)14-25(4)18-30)34-21-27(20-33(31)34)19-26(5)28-9-7-6-8-10-28;;;;;;/h2*6-18,20-21,26H,19H2,1-5H3;2*1H3;2*1H;;/q4*-1;;;;. The number of hydrogen-bond acceptors (Lipinski definition) is 0. The van der Waals surface area contributed by atoms with Crippen molar-refractivity contribution in [3.05, 3.63) is 264 Å². The molecule has 0 spiro atoms. The molecule has 0 fully saturated rings. The van der Waals surface area contributed by atoms with Crippen molar-refractivity contribution in [3.8, 4) is 44.5 Å². The molecule has 0 bridgehead atoms. The number of hydrogen-bond donors (Lipinski definition) is 0. The van der Waals surface area contributed by atoms with Crippen molar-refractivity contribution in [2.45, 2.75) is 93.9 Å². The molecule has 10 aromatic rings. The molecule has 10 aromatic carbocycles. The van der Waals surface area contributed by atoms with Gasteiger partial charge in [-0.15, -0.1) is 69.6 Å². The van der Waals surface area contributed by atoms with Crippen LogP contribution in [0.5, 0.6) is 0 Å².